The number of aromatic nitrogens is 1. The molecule has 1 aromatic carbocycles. The van der Waals surface area contributed by atoms with Gasteiger partial charge in [-0.05, 0) is 39.2 Å². The van der Waals surface area contributed by atoms with Gasteiger partial charge < -0.3 is 5.11 Å². The highest BCUT2D eigenvalue weighted by atomic mass is 32.1. The van der Waals surface area contributed by atoms with Crippen molar-refractivity contribution >= 4 is 11.3 Å². The van der Waals surface area contributed by atoms with Gasteiger partial charge in [-0.1, -0.05) is 29.8 Å². The van der Waals surface area contributed by atoms with Crippen LogP contribution in [0.25, 0.3) is 0 Å². The summed E-state index contributed by atoms with van der Waals surface area (Å²) in [4.78, 5) is 5.73. The highest BCUT2D eigenvalue weighted by molar-refractivity contribution is 7.11. The van der Waals surface area contributed by atoms with E-state index in [4.69, 9.17) is 0 Å². The van der Waals surface area contributed by atoms with Gasteiger partial charge in [0.2, 0.25) is 0 Å². The van der Waals surface area contributed by atoms with E-state index in [-0.39, 0.29) is 6.10 Å². The van der Waals surface area contributed by atoms with E-state index >= 15 is 0 Å². The second-order valence-corrected chi connectivity index (χ2v) is 6.42. The lowest BCUT2D eigenvalue weighted by Gasteiger charge is -2.08. The molecule has 0 bridgehead atoms. The van der Waals surface area contributed by atoms with Crippen LogP contribution < -0.4 is 0 Å². The smallest absolute Gasteiger partial charge is 0.0956 e. The molecule has 1 N–H and O–H groups in total. The summed E-state index contributed by atoms with van der Waals surface area (Å²) >= 11 is 1.70. The maximum atomic E-state index is 10.1. The Kier molecular flexibility index (Phi) is 4.72. The van der Waals surface area contributed by atoms with Crippen molar-refractivity contribution in [3.63, 3.8) is 0 Å². The zero-order valence-corrected chi connectivity index (χ0v) is 12.6. The lowest BCUT2D eigenvalue weighted by atomic mass is 10.0. The van der Waals surface area contributed by atoms with Gasteiger partial charge in [0, 0.05) is 11.3 Å². The number of rotatable bonds is 5. The van der Waals surface area contributed by atoms with E-state index < -0.39 is 0 Å². The Hall–Kier alpha value is -1.19. The number of hydrogen-bond acceptors (Lipinski definition) is 3. The van der Waals surface area contributed by atoms with Gasteiger partial charge in [-0.15, -0.1) is 11.3 Å². The predicted molar refractivity (Wildman–Crippen MR) is 80.8 cm³/mol. The predicted octanol–water partition coefficient (Wildman–Crippen LogP) is 3.60. The lowest BCUT2D eigenvalue weighted by molar-refractivity contribution is 0.165. The number of hydrogen-bond donors (Lipinski definition) is 1. The van der Waals surface area contributed by atoms with E-state index in [0.29, 0.717) is 6.42 Å². The molecule has 2 rings (SSSR count). The second-order valence-electron chi connectivity index (χ2n) is 5.13. The molecule has 2 aromatic rings. The normalized spacial score (nSPS) is 12.6. The van der Waals surface area contributed by atoms with Crippen molar-refractivity contribution in [3.05, 3.63) is 51.0 Å². The Bertz CT molecular complexity index is 511. The molecule has 19 heavy (non-hydrogen) atoms. The van der Waals surface area contributed by atoms with Crippen molar-refractivity contribution in [2.24, 2.45) is 0 Å². The average Bonchev–Trinajstić information content (AvgIpc) is 2.67. The molecule has 0 aliphatic rings. The Morgan fingerprint density at radius 1 is 1.16 bits per heavy atom. The quantitative estimate of drug-likeness (QED) is 0.904. The van der Waals surface area contributed by atoms with Crippen LogP contribution in [0.3, 0.4) is 0 Å². The summed E-state index contributed by atoms with van der Waals surface area (Å²) in [5.74, 6) is 0. The third-order valence-electron chi connectivity index (χ3n) is 3.37. The standard InChI is InChI=1S/C16H21NOS/c1-11-4-6-14(7-5-11)8-9-15(18)10-16-17-12(2)13(3)19-16/h4-7,15,18H,8-10H2,1-3H3. The summed E-state index contributed by atoms with van der Waals surface area (Å²) in [6, 6.07) is 8.52. The molecule has 1 atom stereocenters. The molecule has 0 spiro atoms. The molecular weight excluding hydrogens is 254 g/mol. The number of nitrogens with zero attached hydrogens (tertiary/aromatic N) is 1. The minimum absolute atomic E-state index is 0.300. The van der Waals surface area contributed by atoms with Crippen LogP contribution in [-0.2, 0) is 12.8 Å². The van der Waals surface area contributed by atoms with Gasteiger partial charge in [-0.2, -0.15) is 0 Å². The topological polar surface area (TPSA) is 33.1 Å². The Labute approximate surface area is 119 Å². The molecular formula is C16H21NOS. The summed E-state index contributed by atoms with van der Waals surface area (Å²) in [5.41, 5.74) is 3.65. The molecule has 0 saturated carbocycles. The van der Waals surface area contributed by atoms with E-state index in [9.17, 15) is 5.11 Å². The van der Waals surface area contributed by atoms with Crippen LogP contribution in [0, 0.1) is 20.8 Å². The molecule has 2 nitrogen and oxygen atoms in total. The molecule has 0 saturated heterocycles. The van der Waals surface area contributed by atoms with Gasteiger partial charge in [-0.25, -0.2) is 4.98 Å². The zero-order chi connectivity index (χ0) is 13.8. The number of aliphatic hydroxyl groups is 1. The maximum absolute atomic E-state index is 10.1. The first kappa shape index (κ1) is 14.2. The van der Waals surface area contributed by atoms with Crippen LogP contribution in [0.4, 0.5) is 0 Å². The van der Waals surface area contributed by atoms with Crippen LogP contribution in [-0.4, -0.2) is 16.2 Å². The zero-order valence-electron chi connectivity index (χ0n) is 11.8. The maximum Gasteiger partial charge on any atom is 0.0956 e. The summed E-state index contributed by atoms with van der Waals surface area (Å²) in [6.07, 6.45) is 2.09. The first-order chi connectivity index (χ1) is 9.04. The molecule has 1 unspecified atom stereocenters. The number of aryl methyl sites for hydroxylation is 4. The fourth-order valence-electron chi connectivity index (χ4n) is 2.02. The Morgan fingerprint density at radius 3 is 2.42 bits per heavy atom. The summed E-state index contributed by atoms with van der Waals surface area (Å²) in [5, 5.41) is 11.1. The molecule has 102 valence electrons. The van der Waals surface area contributed by atoms with Crippen LogP contribution in [0.5, 0.6) is 0 Å². The van der Waals surface area contributed by atoms with Crippen molar-refractivity contribution < 1.29 is 5.11 Å². The molecule has 1 aromatic heterocycles. The third-order valence-corrected chi connectivity index (χ3v) is 4.47. The van der Waals surface area contributed by atoms with E-state index in [0.717, 1.165) is 23.5 Å². The van der Waals surface area contributed by atoms with Crippen LogP contribution in [0.2, 0.25) is 0 Å². The Balaban J connectivity index is 1.84. The van der Waals surface area contributed by atoms with Crippen LogP contribution in [0.1, 0.15) is 33.1 Å². The van der Waals surface area contributed by atoms with Crippen LogP contribution >= 0.6 is 11.3 Å². The minimum Gasteiger partial charge on any atom is -0.393 e. The molecule has 0 fully saturated rings. The van der Waals surface area contributed by atoms with Gasteiger partial charge >= 0.3 is 0 Å². The fraction of sp³-hybridized carbons (Fsp3) is 0.438. The third kappa shape index (κ3) is 4.15. The summed E-state index contributed by atoms with van der Waals surface area (Å²) in [6.45, 7) is 6.19. The second kappa shape index (κ2) is 6.31. The minimum atomic E-state index is -0.300. The molecule has 0 aliphatic carbocycles. The Morgan fingerprint density at radius 2 is 1.84 bits per heavy atom. The van der Waals surface area contributed by atoms with Gasteiger partial charge in [0.1, 0.15) is 0 Å². The lowest BCUT2D eigenvalue weighted by Crippen LogP contribution is -2.11. The first-order valence-electron chi connectivity index (χ1n) is 6.71. The van der Waals surface area contributed by atoms with Crippen molar-refractivity contribution in [2.45, 2.75) is 46.1 Å². The molecule has 0 radical (unpaired) electrons. The summed E-state index contributed by atoms with van der Waals surface area (Å²) in [7, 11) is 0. The molecule has 0 amide bonds. The van der Waals surface area contributed by atoms with Gasteiger partial charge in [0.25, 0.3) is 0 Å². The van der Waals surface area contributed by atoms with Crippen molar-refractivity contribution in [2.75, 3.05) is 0 Å². The SMILES string of the molecule is Cc1ccc(CCC(O)Cc2nc(C)c(C)s2)cc1. The molecule has 1 heterocycles. The largest absolute Gasteiger partial charge is 0.393 e. The molecule has 3 heteroatoms. The van der Waals surface area contributed by atoms with Crippen LogP contribution in [0.15, 0.2) is 24.3 Å². The van der Waals surface area contributed by atoms with Gasteiger partial charge in [0.05, 0.1) is 16.8 Å². The first-order valence-corrected chi connectivity index (χ1v) is 7.53. The van der Waals surface area contributed by atoms with Gasteiger partial charge in [0.15, 0.2) is 0 Å². The summed E-state index contributed by atoms with van der Waals surface area (Å²) < 4.78 is 0. The monoisotopic (exact) mass is 275 g/mol. The number of thiazole rings is 1. The van der Waals surface area contributed by atoms with Crippen molar-refractivity contribution in [1.82, 2.24) is 4.98 Å². The number of aliphatic hydroxyl groups excluding tert-OH is 1. The van der Waals surface area contributed by atoms with E-state index in [1.165, 1.54) is 16.0 Å². The van der Waals surface area contributed by atoms with Crippen molar-refractivity contribution in [1.29, 1.82) is 0 Å². The van der Waals surface area contributed by atoms with E-state index in [2.05, 4.69) is 43.1 Å². The number of benzene rings is 1. The highest BCUT2D eigenvalue weighted by Gasteiger charge is 2.10. The highest BCUT2D eigenvalue weighted by Crippen LogP contribution is 2.19. The van der Waals surface area contributed by atoms with E-state index in [1.807, 2.05) is 6.92 Å². The van der Waals surface area contributed by atoms with Gasteiger partial charge in [-0.3, -0.25) is 0 Å². The molecule has 0 aliphatic heterocycles. The average molecular weight is 275 g/mol. The van der Waals surface area contributed by atoms with E-state index in [1.54, 1.807) is 11.3 Å². The van der Waals surface area contributed by atoms with Crippen molar-refractivity contribution in [3.8, 4) is 0 Å². The fourth-order valence-corrected chi connectivity index (χ4v) is 3.02.